The lowest BCUT2D eigenvalue weighted by Gasteiger charge is -2.28. The number of carboxylic acid groups (broad SMARTS) is 1. The van der Waals surface area contributed by atoms with Crippen molar-refractivity contribution in [1.82, 2.24) is 4.90 Å². The van der Waals surface area contributed by atoms with Crippen LogP contribution < -0.4 is 0 Å². The summed E-state index contributed by atoms with van der Waals surface area (Å²) in [4.78, 5) is 17.3. The minimum Gasteiger partial charge on any atom is -0.478 e. The lowest BCUT2D eigenvalue weighted by molar-refractivity contribution is -0.132. The standard InChI is InChI=1S/C13H10N2O2/c16-13(17)10-5-3-7-15-8-9-4-1-2-6-11(9)14-12(10)15/h1-3,5-8H,4H2,(H,16,17). The van der Waals surface area contributed by atoms with Crippen LogP contribution in [0.1, 0.15) is 6.42 Å². The minimum atomic E-state index is -0.957. The highest BCUT2D eigenvalue weighted by Crippen LogP contribution is 2.28. The van der Waals surface area contributed by atoms with Crippen LogP contribution in [-0.4, -0.2) is 21.8 Å². The Morgan fingerprint density at radius 2 is 2.24 bits per heavy atom. The van der Waals surface area contributed by atoms with Gasteiger partial charge in [-0.15, -0.1) is 0 Å². The molecule has 0 radical (unpaired) electrons. The van der Waals surface area contributed by atoms with Gasteiger partial charge in [0.15, 0.2) is 5.84 Å². The molecule has 84 valence electrons. The number of carbonyl (C=O) groups is 1. The van der Waals surface area contributed by atoms with Gasteiger partial charge in [0.1, 0.15) is 5.57 Å². The SMILES string of the molecule is O=C(O)C1=CC=CN2C=C3CC=CC=C3N=C12. The summed E-state index contributed by atoms with van der Waals surface area (Å²) in [5, 5.41) is 9.11. The molecule has 0 saturated carbocycles. The highest BCUT2D eigenvalue weighted by Gasteiger charge is 2.26. The number of fused-ring (bicyclic) bond motifs is 2. The molecule has 0 aromatic heterocycles. The van der Waals surface area contributed by atoms with Crippen molar-refractivity contribution in [2.75, 3.05) is 0 Å². The first-order valence-electron chi connectivity index (χ1n) is 5.33. The van der Waals surface area contributed by atoms with E-state index in [0.717, 1.165) is 17.7 Å². The van der Waals surface area contributed by atoms with E-state index in [0.29, 0.717) is 5.84 Å². The van der Waals surface area contributed by atoms with Gasteiger partial charge >= 0.3 is 5.97 Å². The third-order valence-corrected chi connectivity index (χ3v) is 2.80. The van der Waals surface area contributed by atoms with Crippen LogP contribution in [0.5, 0.6) is 0 Å². The molecule has 4 nitrogen and oxygen atoms in total. The van der Waals surface area contributed by atoms with Crippen molar-refractivity contribution in [2.45, 2.75) is 6.42 Å². The number of aliphatic imine (C=N–C) groups is 1. The number of allylic oxidation sites excluding steroid dienone is 6. The Kier molecular flexibility index (Phi) is 2.08. The average Bonchev–Trinajstić information content (AvgIpc) is 2.35. The van der Waals surface area contributed by atoms with Gasteiger partial charge in [-0.05, 0) is 30.2 Å². The van der Waals surface area contributed by atoms with Crippen LogP contribution in [-0.2, 0) is 4.79 Å². The lowest BCUT2D eigenvalue weighted by atomic mass is 10.0. The van der Waals surface area contributed by atoms with E-state index in [2.05, 4.69) is 11.1 Å². The van der Waals surface area contributed by atoms with Gasteiger partial charge in [-0.1, -0.05) is 12.2 Å². The minimum absolute atomic E-state index is 0.221. The quantitative estimate of drug-likeness (QED) is 0.743. The van der Waals surface area contributed by atoms with Gasteiger partial charge < -0.3 is 10.0 Å². The summed E-state index contributed by atoms with van der Waals surface area (Å²) in [7, 11) is 0. The van der Waals surface area contributed by atoms with E-state index in [4.69, 9.17) is 5.11 Å². The van der Waals surface area contributed by atoms with Crippen molar-refractivity contribution in [1.29, 1.82) is 0 Å². The molecule has 2 aliphatic heterocycles. The maximum atomic E-state index is 11.1. The fraction of sp³-hybridized carbons (Fsp3) is 0.0769. The van der Waals surface area contributed by atoms with Crippen LogP contribution in [0, 0.1) is 0 Å². The van der Waals surface area contributed by atoms with Gasteiger partial charge in [0.2, 0.25) is 0 Å². The van der Waals surface area contributed by atoms with Gasteiger partial charge in [0.05, 0.1) is 5.70 Å². The van der Waals surface area contributed by atoms with Crippen LogP contribution in [0.15, 0.2) is 64.6 Å². The number of hydrogen-bond acceptors (Lipinski definition) is 3. The lowest BCUT2D eigenvalue weighted by Crippen LogP contribution is -2.31. The number of rotatable bonds is 1. The smallest absolute Gasteiger partial charge is 0.339 e. The summed E-state index contributed by atoms with van der Waals surface area (Å²) in [5.74, 6) is -0.479. The Morgan fingerprint density at radius 1 is 1.35 bits per heavy atom. The second-order valence-electron chi connectivity index (χ2n) is 3.91. The second-order valence-corrected chi connectivity index (χ2v) is 3.91. The first kappa shape index (κ1) is 9.84. The predicted molar refractivity (Wildman–Crippen MR) is 64.1 cm³/mol. The molecule has 0 aromatic carbocycles. The van der Waals surface area contributed by atoms with Gasteiger partial charge in [0, 0.05) is 12.4 Å². The van der Waals surface area contributed by atoms with E-state index >= 15 is 0 Å². The monoisotopic (exact) mass is 226 g/mol. The van der Waals surface area contributed by atoms with Crippen LogP contribution in [0.25, 0.3) is 0 Å². The zero-order chi connectivity index (χ0) is 11.8. The summed E-state index contributed by atoms with van der Waals surface area (Å²) < 4.78 is 0. The van der Waals surface area contributed by atoms with Crippen LogP contribution in [0.2, 0.25) is 0 Å². The Bertz CT molecular complexity index is 574. The number of hydrogen-bond donors (Lipinski definition) is 1. The fourth-order valence-electron chi connectivity index (χ4n) is 1.98. The van der Waals surface area contributed by atoms with Crippen molar-refractivity contribution in [2.24, 2.45) is 4.99 Å². The molecule has 0 saturated heterocycles. The summed E-state index contributed by atoms with van der Waals surface area (Å²) in [6.45, 7) is 0. The molecule has 3 aliphatic rings. The average molecular weight is 226 g/mol. The molecule has 0 bridgehead atoms. The van der Waals surface area contributed by atoms with Crippen molar-refractivity contribution in [3.8, 4) is 0 Å². The molecule has 2 heterocycles. The van der Waals surface area contributed by atoms with E-state index in [-0.39, 0.29) is 5.57 Å². The zero-order valence-corrected chi connectivity index (χ0v) is 9.00. The Balaban J connectivity index is 2.09. The summed E-state index contributed by atoms with van der Waals surface area (Å²) in [6, 6.07) is 0. The summed E-state index contributed by atoms with van der Waals surface area (Å²) in [6.07, 6.45) is 13.8. The van der Waals surface area contributed by atoms with E-state index < -0.39 is 5.97 Å². The molecule has 0 atom stereocenters. The number of amidine groups is 1. The maximum absolute atomic E-state index is 11.1. The van der Waals surface area contributed by atoms with Crippen molar-refractivity contribution in [3.05, 3.63) is 59.6 Å². The van der Waals surface area contributed by atoms with Crippen LogP contribution in [0.3, 0.4) is 0 Å². The molecule has 1 N–H and O–H groups in total. The van der Waals surface area contributed by atoms with Crippen LogP contribution >= 0.6 is 0 Å². The molecule has 0 aromatic rings. The van der Waals surface area contributed by atoms with E-state index in [1.54, 1.807) is 17.1 Å². The number of nitrogens with zero attached hydrogens (tertiary/aromatic N) is 2. The van der Waals surface area contributed by atoms with Gasteiger partial charge in [-0.2, -0.15) is 0 Å². The molecule has 0 unspecified atom stereocenters. The molecule has 4 heteroatoms. The van der Waals surface area contributed by atoms with E-state index in [9.17, 15) is 4.79 Å². The van der Waals surface area contributed by atoms with Gasteiger partial charge in [0.25, 0.3) is 0 Å². The number of aliphatic carboxylic acids is 1. The van der Waals surface area contributed by atoms with Crippen LogP contribution in [0.4, 0.5) is 0 Å². The third-order valence-electron chi connectivity index (χ3n) is 2.80. The van der Waals surface area contributed by atoms with Crippen molar-refractivity contribution < 1.29 is 9.90 Å². The van der Waals surface area contributed by atoms with E-state index in [1.165, 1.54) is 0 Å². The molecule has 1 aliphatic carbocycles. The third kappa shape index (κ3) is 1.54. The Hall–Kier alpha value is -2.36. The highest BCUT2D eigenvalue weighted by molar-refractivity contribution is 6.20. The summed E-state index contributed by atoms with van der Waals surface area (Å²) in [5.41, 5.74) is 2.17. The first-order valence-corrected chi connectivity index (χ1v) is 5.33. The zero-order valence-electron chi connectivity index (χ0n) is 9.00. The van der Waals surface area contributed by atoms with Crippen molar-refractivity contribution in [3.63, 3.8) is 0 Å². The molecule has 0 spiro atoms. The predicted octanol–water partition coefficient (Wildman–Crippen LogP) is 1.97. The molecule has 0 fully saturated rings. The maximum Gasteiger partial charge on any atom is 0.339 e. The topological polar surface area (TPSA) is 52.9 Å². The highest BCUT2D eigenvalue weighted by atomic mass is 16.4. The summed E-state index contributed by atoms with van der Waals surface area (Å²) >= 11 is 0. The Morgan fingerprint density at radius 3 is 3.06 bits per heavy atom. The van der Waals surface area contributed by atoms with Gasteiger partial charge in [-0.25, -0.2) is 9.79 Å². The molecule has 17 heavy (non-hydrogen) atoms. The van der Waals surface area contributed by atoms with Gasteiger partial charge in [-0.3, -0.25) is 0 Å². The largest absolute Gasteiger partial charge is 0.478 e. The molecule has 3 rings (SSSR count). The van der Waals surface area contributed by atoms with E-state index in [1.807, 2.05) is 24.6 Å². The fourth-order valence-corrected chi connectivity index (χ4v) is 1.98. The number of carboxylic acids is 1. The molecular weight excluding hydrogens is 216 g/mol. The molecular formula is C13H10N2O2. The van der Waals surface area contributed by atoms with Crippen molar-refractivity contribution >= 4 is 11.8 Å². The Labute approximate surface area is 98.3 Å². The first-order chi connectivity index (χ1) is 8.25. The normalized spacial score (nSPS) is 20.8. The molecule has 0 amide bonds. The second kappa shape index (κ2) is 3.59.